The van der Waals surface area contributed by atoms with Crippen LogP contribution in [0, 0.1) is 0 Å². The Morgan fingerprint density at radius 2 is 1.50 bits per heavy atom. The number of rotatable bonds is 4. The third-order valence-corrected chi connectivity index (χ3v) is 4.91. The van der Waals surface area contributed by atoms with Gasteiger partial charge in [-0.15, -0.1) is 0 Å². The van der Waals surface area contributed by atoms with Gasteiger partial charge < -0.3 is 5.32 Å². The number of fused-ring (bicyclic) bond motifs is 1. The summed E-state index contributed by atoms with van der Waals surface area (Å²) in [7, 11) is 0. The number of hydrogen-bond donors (Lipinski definition) is 1. The molecule has 2 aliphatic rings. The summed E-state index contributed by atoms with van der Waals surface area (Å²) in [6.07, 6.45) is 8.30. The summed E-state index contributed by atoms with van der Waals surface area (Å²) in [5.41, 5.74) is 0.867. The van der Waals surface area contributed by atoms with Gasteiger partial charge >= 0.3 is 0 Å². The van der Waals surface area contributed by atoms with Gasteiger partial charge in [0, 0.05) is 19.0 Å². The van der Waals surface area contributed by atoms with Gasteiger partial charge in [-0.05, 0) is 25.0 Å². The van der Waals surface area contributed by atoms with Crippen molar-refractivity contribution >= 4 is 17.7 Å². The van der Waals surface area contributed by atoms with Gasteiger partial charge in [0.2, 0.25) is 5.91 Å². The highest BCUT2D eigenvalue weighted by Gasteiger charge is 2.35. The maximum absolute atomic E-state index is 12.3. The molecule has 1 aliphatic heterocycles. The van der Waals surface area contributed by atoms with Crippen molar-refractivity contribution in [3.8, 4) is 0 Å². The van der Waals surface area contributed by atoms with Crippen molar-refractivity contribution in [3.05, 3.63) is 35.4 Å². The van der Waals surface area contributed by atoms with Crippen molar-refractivity contribution in [2.24, 2.45) is 0 Å². The van der Waals surface area contributed by atoms with Gasteiger partial charge in [-0.3, -0.25) is 19.3 Å². The summed E-state index contributed by atoms with van der Waals surface area (Å²) >= 11 is 0. The zero-order valence-corrected chi connectivity index (χ0v) is 13.9. The molecule has 1 aliphatic carbocycles. The molecule has 1 N–H and O–H groups in total. The number of carbonyl (C=O) groups excluding carboxylic acids is 3. The molecule has 1 saturated carbocycles. The molecule has 3 rings (SSSR count). The van der Waals surface area contributed by atoms with Crippen molar-refractivity contribution in [3.63, 3.8) is 0 Å². The average Bonchev–Trinajstić information content (AvgIpc) is 2.80. The number of amides is 3. The van der Waals surface area contributed by atoms with Gasteiger partial charge in [-0.25, -0.2) is 0 Å². The van der Waals surface area contributed by atoms with E-state index in [9.17, 15) is 14.4 Å². The van der Waals surface area contributed by atoms with E-state index < -0.39 is 0 Å². The molecule has 0 saturated heterocycles. The van der Waals surface area contributed by atoms with E-state index in [1.807, 2.05) is 0 Å². The number of carbonyl (C=O) groups is 3. The van der Waals surface area contributed by atoms with Gasteiger partial charge in [0.1, 0.15) is 0 Å². The molecule has 1 aromatic rings. The van der Waals surface area contributed by atoms with Crippen LogP contribution in [-0.4, -0.2) is 35.2 Å². The first-order valence-corrected chi connectivity index (χ1v) is 8.91. The maximum Gasteiger partial charge on any atom is 0.261 e. The molecule has 128 valence electrons. The summed E-state index contributed by atoms with van der Waals surface area (Å²) in [6, 6.07) is 7.04. The molecule has 1 fully saturated rings. The largest absolute Gasteiger partial charge is 0.353 e. The lowest BCUT2D eigenvalue weighted by Gasteiger charge is -2.21. The SMILES string of the molecule is O=C(CCN1C(=O)c2ccccc2C1=O)NC1CCCCCCC1. The minimum Gasteiger partial charge on any atom is -0.353 e. The van der Waals surface area contributed by atoms with E-state index in [4.69, 9.17) is 0 Å². The van der Waals surface area contributed by atoms with Crippen LogP contribution in [0.15, 0.2) is 24.3 Å². The third-order valence-electron chi connectivity index (χ3n) is 4.91. The van der Waals surface area contributed by atoms with Crippen molar-refractivity contribution in [1.29, 1.82) is 0 Å². The summed E-state index contributed by atoms with van der Waals surface area (Å²) in [5, 5.41) is 3.07. The molecule has 0 atom stereocenters. The molecular formula is C19H24N2O3. The monoisotopic (exact) mass is 328 g/mol. The zero-order chi connectivity index (χ0) is 16.9. The second-order valence-corrected chi connectivity index (χ2v) is 6.67. The lowest BCUT2D eigenvalue weighted by Crippen LogP contribution is -2.38. The van der Waals surface area contributed by atoms with E-state index in [1.165, 1.54) is 24.2 Å². The fourth-order valence-corrected chi connectivity index (χ4v) is 3.56. The van der Waals surface area contributed by atoms with Crippen LogP contribution in [0.1, 0.15) is 72.1 Å². The number of imide groups is 1. The van der Waals surface area contributed by atoms with Crippen LogP contribution >= 0.6 is 0 Å². The number of nitrogens with zero attached hydrogens (tertiary/aromatic N) is 1. The number of nitrogens with one attached hydrogen (secondary N) is 1. The summed E-state index contributed by atoms with van der Waals surface area (Å²) < 4.78 is 0. The van der Waals surface area contributed by atoms with Gasteiger partial charge in [0.15, 0.2) is 0 Å². The van der Waals surface area contributed by atoms with Crippen LogP contribution in [0.5, 0.6) is 0 Å². The molecule has 1 aromatic carbocycles. The van der Waals surface area contributed by atoms with Crippen LogP contribution in [0.3, 0.4) is 0 Å². The van der Waals surface area contributed by atoms with E-state index in [0.29, 0.717) is 11.1 Å². The Balaban J connectivity index is 1.51. The van der Waals surface area contributed by atoms with E-state index >= 15 is 0 Å². The molecule has 0 aromatic heterocycles. The normalized spacial score (nSPS) is 18.9. The van der Waals surface area contributed by atoms with Crippen molar-refractivity contribution in [1.82, 2.24) is 10.2 Å². The van der Waals surface area contributed by atoms with E-state index in [-0.39, 0.29) is 36.7 Å². The molecule has 24 heavy (non-hydrogen) atoms. The summed E-state index contributed by atoms with van der Waals surface area (Å²) in [4.78, 5) is 37.9. The fourth-order valence-electron chi connectivity index (χ4n) is 3.56. The quantitative estimate of drug-likeness (QED) is 0.864. The van der Waals surface area contributed by atoms with Crippen LogP contribution in [0.4, 0.5) is 0 Å². The first kappa shape index (κ1) is 16.7. The Hall–Kier alpha value is -2.17. The number of hydrogen-bond acceptors (Lipinski definition) is 3. The third kappa shape index (κ3) is 3.66. The minimum absolute atomic E-state index is 0.0721. The number of benzene rings is 1. The van der Waals surface area contributed by atoms with Gasteiger partial charge in [-0.1, -0.05) is 44.2 Å². The smallest absolute Gasteiger partial charge is 0.261 e. The second kappa shape index (κ2) is 7.60. The first-order valence-electron chi connectivity index (χ1n) is 8.91. The molecular weight excluding hydrogens is 304 g/mol. The average molecular weight is 328 g/mol. The molecule has 1 heterocycles. The van der Waals surface area contributed by atoms with Gasteiger partial charge in [-0.2, -0.15) is 0 Å². The van der Waals surface area contributed by atoms with E-state index in [0.717, 1.165) is 25.7 Å². The van der Waals surface area contributed by atoms with Crippen molar-refractivity contribution in [2.45, 2.75) is 57.4 Å². The summed E-state index contributed by atoms with van der Waals surface area (Å²) in [6.45, 7) is 0.144. The molecule has 5 heteroatoms. The zero-order valence-electron chi connectivity index (χ0n) is 13.9. The molecule has 0 bridgehead atoms. The highest BCUT2D eigenvalue weighted by atomic mass is 16.2. The first-order chi connectivity index (χ1) is 11.7. The molecule has 0 radical (unpaired) electrons. The van der Waals surface area contributed by atoms with E-state index in [1.54, 1.807) is 24.3 Å². The van der Waals surface area contributed by atoms with Crippen LogP contribution < -0.4 is 5.32 Å². The van der Waals surface area contributed by atoms with Crippen molar-refractivity contribution in [2.75, 3.05) is 6.54 Å². The standard InChI is InChI=1S/C19H24N2O3/c22-17(20-14-8-4-2-1-3-5-9-14)12-13-21-18(23)15-10-6-7-11-16(15)19(21)24/h6-7,10-11,14H,1-5,8-9,12-13H2,(H,20,22). The highest BCUT2D eigenvalue weighted by molar-refractivity contribution is 6.21. The Bertz CT molecular complexity index is 598. The topological polar surface area (TPSA) is 66.5 Å². The van der Waals surface area contributed by atoms with Crippen molar-refractivity contribution < 1.29 is 14.4 Å². The van der Waals surface area contributed by atoms with Crippen LogP contribution in [0.25, 0.3) is 0 Å². The predicted octanol–water partition coefficient (Wildman–Crippen LogP) is 2.90. The molecule has 5 nitrogen and oxygen atoms in total. The lowest BCUT2D eigenvalue weighted by atomic mass is 9.96. The lowest BCUT2D eigenvalue weighted by molar-refractivity contribution is -0.122. The Morgan fingerprint density at radius 1 is 0.958 bits per heavy atom. The molecule has 3 amide bonds. The van der Waals surface area contributed by atoms with Gasteiger partial charge in [0.25, 0.3) is 11.8 Å². The Kier molecular flexibility index (Phi) is 5.28. The highest BCUT2D eigenvalue weighted by Crippen LogP contribution is 2.22. The Labute approximate surface area is 142 Å². The van der Waals surface area contributed by atoms with Crippen LogP contribution in [-0.2, 0) is 4.79 Å². The minimum atomic E-state index is -0.297. The van der Waals surface area contributed by atoms with E-state index in [2.05, 4.69) is 5.32 Å². The van der Waals surface area contributed by atoms with Gasteiger partial charge in [0.05, 0.1) is 11.1 Å². The molecule has 0 spiro atoms. The fraction of sp³-hybridized carbons (Fsp3) is 0.526. The predicted molar refractivity (Wildman–Crippen MR) is 90.7 cm³/mol. The molecule has 0 unspecified atom stereocenters. The second-order valence-electron chi connectivity index (χ2n) is 6.67. The van der Waals surface area contributed by atoms with Crippen LogP contribution in [0.2, 0.25) is 0 Å². The maximum atomic E-state index is 12.3. The Morgan fingerprint density at radius 3 is 2.08 bits per heavy atom. The summed E-state index contributed by atoms with van der Waals surface area (Å²) in [5.74, 6) is -0.666.